The zero-order valence-electron chi connectivity index (χ0n) is 26.4. The van der Waals surface area contributed by atoms with Crippen molar-refractivity contribution < 1.29 is 47.8 Å². The third-order valence-corrected chi connectivity index (χ3v) is 7.13. The molecule has 0 aliphatic carbocycles. The molecule has 44 heavy (non-hydrogen) atoms. The van der Waals surface area contributed by atoms with Crippen molar-refractivity contribution in [1.82, 2.24) is 5.32 Å². The average molecular weight is 644 g/mol. The van der Waals surface area contributed by atoms with E-state index in [9.17, 15) is 34.1 Å². The number of ether oxygens (including phenoxy) is 1. The van der Waals surface area contributed by atoms with E-state index in [1.165, 1.54) is 25.7 Å². The summed E-state index contributed by atoms with van der Waals surface area (Å²) in [5.41, 5.74) is 0. The molecule has 252 valence electrons. The van der Waals surface area contributed by atoms with Crippen molar-refractivity contribution in [2.24, 2.45) is 0 Å². The Labute approximate surface area is 263 Å². The number of esters is 1. The summed E-state index contributed by atoms with van der Waals surface area (Å²) in [6, 6.07) is -1.55. The average Bonchev–Trinajstić information content (AvgIpc) is 2.97. The van der Waals surface area contributed by atoms with E-state index in [-0.39, 0.29) is 6.42 Å². The Balaban J connectivity index is 3.92. The van der Waals surface area contributed by atoms with Gasteiger partial charge in [0, 0.05) is 13.3 Å². The largest absolute Gasteiger partial charge is 0.480 e. The molecule has 0 aliphatic heterocycles. The second-order valence-electron chi connectivity index (χ2n) is 10.4. The highest BCUT2D eigenvalue weighted by molar-refractivity contribution is 7.47. The summed E-state index contributed by atoms with van der Waals surface area (Å²) in [6.07, 6.45) is 29.7. The van der Waals surface area contributed by atoms with E-state index in [1.54, 1.807) is 0 Å². The first-order chi connectivity index (χ1) is 21.1. The number of phosphoric ester groups is 1. The molecule has 0 heterocycles. The minimum Gasteiger partial charge on any atom is -0.480 e. The number of carboxylic acid groups (broad SMARTS) is 1. The molecular weight excluding hydrogens is 589 g/mol. The fraction of sp³-hybridized carbons (Fsp3) is 0.656. The highest BCUT2D eigenvalue weighted by Gasteiger charge is 2.28. The molecule has 0 saturated carbocycles. The molecule has 0 saturated heterocycles. The molecule has 0 aliphatic rings. The quantitative estimate of drug-likeness (QED) is 0.0328. The van der Waals surface area contributed by atoms with Gasteiger partial charge < -0.3 is 25.2 Å². The van der Waals surface area contributed by atoms with Crippen LogP contribution in [-0.2, 0) is 32.7 Å². The van der Waals surface area contributed by atoms with Crippen LogP contribution in [0.4, 0.5) is 0 Å². The number of aliphatic hydroxyl groups excluding tert-OH is 1. The van der Waals surface area contributed by atoms with Crippen LogP contribution in [0, 0.1) is 0 Å². The van der Waals surface area contributed by atoms with Gasteiger partial charge in [-0.3, -0.25) is 18.6 Å². The van der Waals surface area contributed by atoms with E-state index in [0.29, 0.717) is 6.42 Å². The Morgan fingerprint density at radius 1 is 0.750 bits per heavy atom. The topological polar surface area (TPSA) is 169 Å². The Morgan fingerprint density at radius 3 is 1.80 bits per heavy atom. The van der Waals surface area contributed by atoms with E-state index in [4.69, 9.17) is 0 Å². The number of hydrogen-bond donors (Lipinski definition) is 4. The van der Waals surface area contributed by atoms with Crippen LogP contribution in [0.5, 0.6) is 0 Å². The molecule has 0 aromatic rings. The Hall–Kier alpha value is -2.56. The number of aliphatic carboxylic acids is 1. The zero-order valence-corrected chi connectivity index (χ0v) is 27.3. The molecule has 0 bridgehead atoms. The van der Waals surface area contributed by atoms with Crippen molar-refractivity contribution >= 4 is 25.7 Å². The van der Waals surface area contributed by atoms with Gasteiger partial charge >= 0.3 is 19.8 Å². The number of carbonyl (C=O) groups is 3. The third-order valence-electron chi connectivity index (χ3n) is 6.18. The summed E-state index contributed by atoms with van der Waals surface area (Å²) in [7, 11) is -4.72. The fourth-order valence-corrected chi connectivity index (χ4v) is 4.50. The van der Waals surface area contributed by atoms with Gasteiger partial charge in [0.25, 0.3) is 0 Å². The number of amides is 1. The van der Waals surface area contributed by atoms with E-state index < -0.39 is 57.6 Å². The molecule has 4 N–H and O–H groups in total. The maximum atomic E-state index is 12.1. The highest BCUT2D eigenvalue weighted by atomic mass is 31.2. The number of allylic oxidation sites excluding steroid dienone is 8. The zero-order chi connectivity index (χ0) is 32.9. The molecule has 3 atom stereocenters. The Kier molecular flexibility index (Phi) is 26.3. The minimum atomic E-state index is -4.72. The number of carbonyl (C=O) groups excluding carboxylic acids is 2. The molecule has 1 amide bonds. The lowest BCUT2D eigenvalue weighted by atomic mass is 10.1. The van der Waals surface area contributed by atoms with Gasteiger partial charge in [-0.1, -0.05) is 87.6 Å². The smallest absolute Gasteiger partial charge is 0.472 e. The summed E-state index contributed by atoms with van der Waals surface area (Å²) in [4.78, 5) is 43.9. The van der Waals surface area contributed by atoms with E-state index in [1.807, 2.05) is 0 Å². The van der Waals surface area contributed by atoms with Crippen LogP contribution in [0.2, 0.25) is 0 Å². The lowest BCUT2D eigenvalue weighted by Crippen LogP contribution is -2.43. The lowest BCUT2D eigenvalue weighted by molar-refractivity contribution is -0.144. The maximum Gasteiger partial charge on any atom is 0.472 e. The number of rotatable bonds is 28. The van der Waals surface area contributed by atoms with Crippen molar-refractivity contribution in [1.29, 1.82) is 0 Å². The molecule has 11 nitrogen and oxygen atoms in total. The van der Waals surface area contributed by atoms with Crippen molar-refractivity contribution in [2.75, 3.05) is 19.8 Å². The number of aliphatic hydroxyl groups is 1. The second kappa shape index (κ2) is 28.0. The summed E-state index contributed by atoms with van der Waals surface area (Å²) < 4.78 is 25.7. The van der Waals surface area contributed by atoms with Crippen molar-refractivity contribution in [2.45, 2.75) is 116 Å². The van der Waals surface area contributed by atoms with Gasteiger partial charge in [-0.15, -0.1) is 0 Å². The van der Waals surface area contributed by atoms with Crippen LogP contribution in [0.1, 0.15) is 104 Å². The van der Waals surface area contributed by atoms with Gasteiger partial charge in [0.15, 0.2) is 6.04 Å². The molecular formula is C32H54NO10P. The van der Waals surface area contributed by atoms with Gasteiger partial charge in [-0.05, 0) is 51.4 Å². The monoisotopic (exact) mass is 643 g/mol. The first-order valence-electron chi connectivity index (χ1n) is 15.6. The molecule has 0 fully saturated rings. The van der Waals surface area contributed by atoms with E-state index in [0.717, 1.165) is 58.3 Å². The summed E-state index contributed by atoms with van der Waals surface area (Å²) in [5, 5.41) is 21.1. The molecule has 0 rings (SSSR count). The number of phosphoric acid groups is 1. The second-order valence-corrected chi connectivity index (χ2v) is 11.8. The molecule has 0 aromatic carbocycles. The Morgan fingerprint density at radius 2 is 1.25 bits per heavy atom. The van der Waals surface area contributed by atoms with Crippen LogP contribution in [0.15, 0.2) is 48.6 Å². The summed E-state index contributed by atoms with van der Waals surface area (Å²) in [5.74, 6) is -2.59. The van der Waals surface area contributed by atoms with Gasteiger partial charge in [0.05, 0.1) is 13.2 Å². The van der Waals surface area contributed by atoms with E-state index >= 15 is 0 Å². The normalized spacial score (nSPS) is 14.8. The van der Waals surface area contributed by atoms with Gasteiger partial charge in [-0.25, -0.2) is 9.36 Å². The van der Waals surface area contributed by atoms with Crippen LogP contribution < -0.4 is 5.32 Å². The van der Waals surface area contributed by atoms with Gasteiger partial charge in [0.2, 0.25) is 5.91 Å². The van der Waals surface area contributed by atoms with Crippen LogP contribution >= 0.6 is 7.82 Å². The molecule has 12 heteroatoms. The van der Waals surface area contributed by atoms with E-state index in [2.05, 4.69) is 74.6 Å². The number of hydrogen-bond acceptors (Lipinski definition) is 8. The van der Waals surface area contributed by atoms with Gasteiger partial charge in [0.1, 0.15) is 12.7 Å². The number of carboxylic acids is 1. The van der Waals surface area contributed by atoms with Crippen LogP contribution in [0.3, 0.4) is 0 Å². The predicted molar refractivity (Wildman–Crippen MR) is 171 cm³/mol. The molecule has 0 radical (unpaired) electrons. The standard InChI is InChI=1S/C32H54NO10P/c1-3-4-5-6-7-8-9-10-11-12-13-14-15-16-17-18-19-20-21-22-23-24-31(36)33-30(32(37)38)27-43-44(39,40)42-26-29(35)25-41-28(2)34/h7-8,10-11,13-14,16-17,29-30,35H,3-6,9,12,15,18-27H2,1-2H3,(H,33,36)(H,37,38)(H,39,40)/b8-7-,11-10-,14-13-,17-16-. The number of nitrogens with one attached hydrogen (secondary N) is 1. The minimum absolute atomic E-state index is 0.122. The van der Waals surface area contributed by atoms with Gasteiger partial charge in [-0.2, -0.15) is 0 Å². The van der Waals surface area contributed by atoms with Crippen LogP contribution in [-0.4, -0.2) is 64.9 Å². The Bertz CT molecular complexity index is 947. The van der Waals surface area contributed by atoms with Crippen molar-refractivity contribution in [3.63, 3.8) is 0 Å². The predicted octanol–water partition coefficient (Wildman–Crippen LogP) is 6.32. The molecule has 0 spiro atoms. The van der Waals surface area contributed by atoms with Crippen molar-refractivity contribution in [3.05, 3.63) is 48.6 Å². The number of unbranched alkanes of at least 4 members (excludes halogenated alkanes) is 8. The molecule has 3 unspecified atom stereocenters. The molecule has 0 aromatic heterocycles. The first kappa shape index (κ1) is 41.4. The van der Waals surface area contributed by atoms with Crippen LogP contribution in [0.25, 0.3) is 0 Å². The maximum absolute atomic E-state index is 12.1. The van der Waals surface area contributed by atoms with Crippen molar-refractivity contribution in [3.8, 4) is 0 Å². The summed E-state index contributed by atoms with van der Waals surface area (Å²) >= 11 is 0. The fourth-order valence-electron chi connectivity index (χ4n) is 3.73. The first-order valence-corrected chi connectivity index (χ1v) is 17.1. The SMILES string of the molecule is CCCCC/C=C\C/C=C\C/C=C\C/C=C\CCCCCCCC(=O)NC(COP(=O)(O)OCC(O)COC(C)=O)C(=O)O. The lowest BCUT2D eigenvalue weighted by Gasteiger charge is -2.18. The third kappa shape index (κ3) is 28.2. The summed E-state index contributed by atoms with van der Waals surface area (Å²) in [6.45, 7) is 1.40. The highest BCUT2D eigenvalue weighted by Crippen LogP contribution is 2.43.